The highest BCUT2D eigenvalue weighted by molar-refractivity contribution is 7.91. The fourth-order valence-electron chi connectivity index (χ4n) is 3.40. The molecule has 1 amide bonds. The quantitative estimate of drug-likeness (QED) is 0.725. The third kappa shape index (κ3) is 5.66. The Labute approximate surface area is 177 Å². The molecular formula is C21H29N3O3S2. The van der Waals surface area contributed by atoms with Crippen molar-refractivity contribution in [3.63, 3.8) is 0 Å². The Morgan fingerprint density at radius 3 is 2.55 bits per heavy atom. The Morgan fingerprint density at radius 1 is 1.21 bits per heavy atom. The molecule has 1 aromatic heterocycles. The molecule has 0 aliphatic carbocycles. The second-order valence-electron chi connectivity index (χ2n) is 7.81. The molecule has 6 nitrogen and oxygen atoms in total. The third-order valence-electron chi connectivity index (χ3n) is 5.13. The minimum Gasteiger partial charge on any atom is -0.326 e. The van der Waals surface area contributed by atoms with Crippen molar-refractivity contribution in [1.29, 1.82) is 0 Å². The highest BCUT2D eigenvalue weighted by Crippen LogP contribution is 2.28. The molecule has 1 aliphatic heterocycles. The molecule has 1 atom stereocenters. The molecule has 1 aliphatic rings. The minimum atomic E-state index is -3.53. The van der Waals surface area contributed by atoms with E-state index in [-0.39, 0.29) is 18.4 Å². The van der Waals surface area contributed by atoms with Gasteiger partial charge in [-0.05, 0) is 70.1 Å². The maximum Gasteiger partial charge on any atom is 0.252 e. The summed E-state index contributed by atoms with van der Waals surface area (Å²) in [5.74, 6) is -0.457. The molecule has 0 radical (unpaired) electrons. The van der Waals surface area contributed by atoms with E-state index in [1.54, 1.807) is 6.07 Å². The van der Waals surface area contributed by atoms with Crippen LogP contribution in [0.25, 0.3) is 0 Å². The number of carbonyl (C=O) groups excluding carboxylic acids is 1. The van der Waals surface area contributed by atoms with Gasteiger partial charge in [0.2, 0.25) is 5.91 Å². The molecule has 3 rings (SSSR count). The lowest BCUT2D eigenvalue weighted by molar-refractivity contribution is -0.120. The fraction of sp³-hybridized carbons (Fsp3) is 0.476. The Morgan fingerprint density at radius 2 is 1.93 bits per heavy atom. The van der Waals surface area contributed by atoms with Crippen LogP contribution in [0.15, 0.2) is 40.6 Å². The van der Waals surface area contributed by atoms with E-state index in [0.29, 0.717) is 23.6 Å². The average molecular weight is 436 g/mol. The molecule has 1 aromatic carbocycles. The molecule has 2 aromatic rings. The first-order valence-corrected chi connectivity index (χ1v) is 12.1. The smallest absolute Gasteiger partial charge is 0.252 e. The summed E-state index contributed by atoms with van der Waals surface area (Å²) < 4.78 is 27.6. The Bertz CT molecular complexity index is 936. The normalized spacial score (nSPS) is 18.1. The summed E-state index contributed by atoms with van der Waals surface area (Å²) in [5, 5.41) is 2.95. The van der Waals surface area contributed by atoms with E-state index in [0.717, 1.165) is 23.5 Å². The summed E-state index contributed by atoms with van der Waals surface area (Å²) in [6, 6.07) is 11.3. The van der Waals surface area contributed by atoms with Crippen LogP contribution in [0, 0.1) is 12.8 Å². The van der Waals surface area contributed by atoms with Gasteiger partial charge in [-0.15, -0.1) is 11.3 Å². The van der Waals surface area contributed by atoms with Gasteiger partial charge in [-0.25, -0.2) is 8.42 Å². The van der Waals surface area contributed by atoms with E-state index >= 15 is 0 Å². The van der Waals surface area contributed by atoms with E-state index in [4.69, 9.17) is 0 Å². The zero-order valence-electron chi connectivity index (χ0n) is 17.2. The van der Waals surface area contributed by atoms with Crippen LogP contribution in [0.2, 0.25) is 0 Å². The first-order valence-electron chi connectivity index (χ1n) is 9.87. The first kappa shape index (κ1) is 22.0. The molecule has 2 heterocycles. The largest absolute Gasteiger partial charge is 0.326 e. The van der Waals surface area contributed by atoms with Crippen LogP contribution in [0.3, 0.4) is 0 Å². The van der Waals surface area contributed by atoms with Crippen molar-refractivity contribution in [3.8, 4) is 0 Å². The first-order chi connectivity index (χ1) is 13.8. The van der Waals surface area contributed by atoms with Crippen molar-refractivity contribution in [3.05, 3.63) is 46.8 Å². The van der Waals surface area contributed by atoms with Gasteiger partial charge in [0.25, 0.3) is 10.0 Å². The van der Waals surface area contributed by atoms with Crippen molar-refractivity contribution in [1.82, 2.24) is 9.21 Å². The molecule has 29 heavy (non-hydrogen) atoms. The van der Waals surface area contributed by atoms with Gasteiger partial charge in [0, 0.05) is 30.2 Å². The standard InChI is InChI=1S/C21H29N3O3S2/c1-16-6-11-20(28-16)29(26,27)24-13-4-5-18(15-24)21(25)22-19-9-7-17(8-10-19)12-14-23(2)3/h6-11,18H,4-5,12-15H2,1-3H3,(H,22,25). The van der Waals surface area contributed by atoms with Crippen LogP contribution in [0.1, 0.15) is 23.3 Å². The number of carbonyl (C=O) groups is 1. The summed E-state index contributed by atoms with van der Waals surface area (Å²) in [7, 11) is 0.555. The Kier molecular flexibility index (Phi) is 7.10. The zero-order chi connectivity index (χ0) is 21.0. The summed E-state index contributed by atoms with van der Waals surface area (Å²) >= 11 is 1.27. The highest BCUT2D eigenvalue weighted by atomic mass is 32.2. The lowest BCUT2D eigenvalue weighted by Crippen LogP contribution is -2.43. The highest BCUT2D eigenvalue weighted by Gasteiger charge is 2.34. The number of aryl methyl sites for hydroxylation is 1. The van der Waals surface area contributed by atoms with Crippen LogP contribution in [0.5, 0.6) is 0 Å². The van der Waals surface area contributed by atoms with Gasteiger partial charge in [0.1, 0.15) is 4.21 Å². The van der Waals surface area contributed by atoms with Crippen molar-refractivity contribution in [2.45, 2.75) is 30.4 Å². The Hall–Kier alpha value is -1.74. The number of nitrogens with one attached hydrogen (secondary N) is 1. The van der Waals surface area contributed by atoms with Gasteiger partial charge in [-0.1, -0.05) is 12.1 Å². The molecule has 0 bridgehead atoms. The molecule has 0 saturated carbocycles. The van der Waals surface area contributed by atoms with E-state index in [1.807, 2.05) is 51.4 Å². The minimum absolute atomic E-state index is 0.117. The van der Waals surface area contributed by atoms with Crippen molar-refractivity contribution in [2.75, 3.05) is 39.0 Å². The van der Waals surface area contributed by atoms with Gasteiger partial charge < -0.3 is 10.2 Å². The summed E-state index contributed by atoms with van der Waals surface area (Å²) in [4.78, 5) is 15.8. The molecule has 158 valence electrons. The monoisotopic (exact) mass is 435 g/mol. The predicted octanol–water partition coefficient (Wildman–Crippen LogP) is 3.20. The zero-order valence-corrected chi connectivity index (χ0v) is 18.9. The van der Waals surface area contributed by atoms with Crippen LogP contribution in [-0.4, -0.2) is 57.3 Å². The maximum absolute atomic E-state index is 12.9. The van der Waals surface area contributed by atoms with E-state index in [1.165, 1.54) is 21.2 Å². The second kappa shape index (κ2) is 9.38. The van der Waals surface area contributed by atoms with Gasteiger partial charge in [-0.2, -0.15) is 4.31 Å². The summed E-state index contributed by atoms with van der Waals surface area (Å²) in [5.41, 5.74) is 1.97. The lowest BCUT2D eigenvalue weighted by atomic mass is 9.98. The van der Waals surface area contributed by atoms with Crippen molar-refractivity contribution >= 4 is 33.0 Å². The number of amides is 1. The van der Waals surface area contributed by atoms with Gasteiger partial charge in [0.15, 0.2) is 0 Å². The second-order valence-corrected chi connectivity index (χ2v) is 11.3. The summed E-state index contributed by atoms with van der Waals surface area (Å²) in [6.45, 7) is 3.56. The van der Waals surface area contributed by atoms with Crippen LogP contribution >= 0.6 is 11.3 Å². The van der Waals surface area contributed by atoms with Crippen LogP contribution < -0.4 is 5.32 Å². The maximum atomic E-state index is 12.9. The van der Waals surface area contributed by atoms with E-state index < -0.39 is 10.0 Å². The SMILES string of the molecule is Cc1ccc(S(=O)(=O)N2CCCC(C(=O)Nc3ccc(CCN(C)C)cc3)C2)s1. The molecule has 0 spiro atoms. The summed E-state index contributed by atoms with van der Waals surface area (Å²) in [6.07, 6.45) is 2.34. The molecule has 1 saturated heterocycles. The number of benzene rings is 1. The number of thiophene rings is 1. The number of nitrogens with zero attached hydrogens (tertiary/aromatic N) is 2. The lowest BCUT2D eigenvalue weighted by Gasteiger charge is -2.30. The van der Waals surface area contributed by atoms with Gasteiger partial charge in [-0.3, -0.25) is 4.79 Å². The number of anilines is 1. The van der Waals surface area contributed by atoms with Gasteiger partial charge >= 0.3 is 0 Å². The number of sulfonamides is 1. The fourth-order valence-corrected chi connectivity index (χ4v) is 6.37. The molecular weight excluding hydrogens is 406 g/mol. The van der Waals surface area contributed by atoms with Gasteiger partial charge in [0.05, 0.1) is 5.92 Å². The van der Waals surface area contributed by atoms with Crippen LogP contribution in [-0.2, 0) is 21.2 Å². The van der Waals surface area contributed by atoms with Crippen LogP contribution in [0.4, 0.5) is 5.69 Å². The van der Waals surface area contributed by atoms with E-state index in [2.05, 4.69) is 10.2 Å². The molecule has 1 fully saturated rings. The van der Waals surface area contributed by atoms with E-state index in [9.17, 15) is 13.2 Å². The number of hydrogen-bond donors (Lipinski definition) is 1. The number of likely N-dealkylation sites (N-methyl/N-ethyl adjacent to an activating group) is 1. The predicted molar refractivity (Wildman–Crippen MR) is 118 cm³/mol. The topological polar surface area (TPSA) is 69.7 Å². The Balaban J connectivity index is 1.61. The molecule has 1 unspecified atom stereocenters. The molecule has 1 N–H and O–H groups in total. The molecule has 8 heteroatoms. The number of piperidine rings is 1. The number of rotatable bonds is 7. The van der Waals surface area contributed by atoms with Crippen molar-refractivity contribution < 1.29 is 13.2 Å². The average Bonchev–Trinajstić information content (AvgIpc) is 3.14. The number of hydrogen-bond acceptors (Lipinski definition) is 5. The third-order valence-corrected chi connectivity index (χ3v) is 8.47. The van der Waals surface area contributed by atoms with Crippen molar-refractivity contribution in [2.24, 2.45) is 5.92 Å².